The Hall–Kier alpha value is -2.92. The number of ether oxygens (including phenoxy) is 2. The minimum atomic E-state index is -0.315. The molecule has 2 heterocycles. The highest BCUT2D eigenvalue weighted by Gasteiger charge is 2.32. The highest BCUT2D eigenvalue weighted by atomic mass is 35.5. The number of methoxy groups -OCH3 is 1. The molecule has 0 unspecified atom stereocenters. The van der Waals surface area contributed by atoms with Gasteiger partial charge in [0.25, 0.3) is 0 Å². The average molecular weight is 439 g/mol. The van der Waals surface area contributed by atoms with Gasteiger partial charge in [0, 0.05) is 43.1 Å². The molecule has 5 nitrogen and oxygen atoms in total. The van der Waals surface area contributed by atoms with Crippen LogP contribution in [0.25, 0.3) is 22.4 Å². The quantitative estimate of drug-likeness (QED) is 0.487. The predicted molar refractivity (Wildman–Crippen MR) is 126 cm³/mol. The number of esters is 1. The molecule has 4 rings (SSSR count). The standard InChI is InChI=1S/C25H27ClN2O3/c1-6-31-25(29)23-22(17-8-7-9-18(12-17)27(3)4)15(2)28-11-10-16-13-21(30-5)20(26)14-19(16)24(23)28/h7-9,12-14H,6,10-11H2,1-5H3. The molecule has 3 aromatic rings. The first kappa shape index (κ1) is 21.3. The molecule has 0 atom stereocenters. The van der Waals surface area contributed by atoms with Crippen LogP contribution in [-0.4, -0.2) is 38.3 Å². The summed E-state index contributed by atoms with van der Waals surface area (Å²) < 4.78 is 13.1. The van der Waals surface area contributed by atoms with E-state index in [9.17, 15) is 4.79 Å². The van der Waals surface area contributed by atoms with Crippen LogP contribution < -0.4 is 9.64 Å². The van der Waals surface area contributed by atoms with E-state index in [1.165, 1.54) is 0 Å². The number of carbonyl (C=O) groups excluding carboxylic acids is 1. The zero-order valence-corrected chi connectivity index (χ0v) is 19.3. The molecular weight excluding hydrogens is 412 g/mol. The molecule has 162 valence electrons. The van der Waals surface area contributed by atoms with Gasteiger partial charge >= 0.3 is 5.97 Å². The minimum Gasteiger partial charge on any atom is -0.495 e. The first-order valence-corrected chi connectivity index (χ1v) is 10.8. The number of carbonyl (C=O) groups is 1. The smallest absolute Gasteiger partial charge is 0.340 e. The van der Waals surface area contributed by atoms with Crippen LogP contribution in [0.2, 0.25) is 5.02 Å². The summed E-state index contributed by atoms with van der Waals surface area (Å²) in [5.74, 6) is 0.332. The van der Waals surface area contributed by atoms with Crippen molar-refractivity contribution in [1.29, 1.82) is 0 Å². The van der Waals surface area contributed by atoms with Crippen molar-refractivity contribution < 1.29 is 14.3 Å². The lowest BCUT2D eigenvalue weighted by molar-refractivity contribution is 0.0528. The molecule has 0 fully saturated rings. The van der Waals surface area contributed by atoms with Gasteiger partial charge in [-0.1, -0.05) is 23.7 Å². The number of aromatic nitrogens is 1. The monoisotopic (exact) mass is 438 g/mol. The number of hydrogen-bond donors (Lipinski definition) is 0. The van der Waals surface area contributed by atoms with Crippen molar-refractivity contribution >= 4 is 23.3 Å². The van der Waals surface area contributed by atoms with E-state index in [0.29, 0.717) is 22.9 Å². The van der Waals surface area contributed by atoms with Crippen LogP contribution in [0.15, 0.2) is 36.4 Å². The molecule has 6 heteroatoms. The first-order chi connectivity index (χ1) is 14.9. The molecule has 0 saturated carbocycles. The van der Waals surface area contributed by atoms with Gasteiger partial charge in [-0.15, -0.1) is 0 Å². The first-order valence-electron chi connectivity index (χ1n) is 10.4. The van der Waals surface area contributed by atoms with Crippen LogP contribution >= 0.6 is 11.6 Å². The zero-order chi connectivity index (χ0) is 22.3. The van der Waals surface area contributed by atoms with Crippen molar-refractivity contribution in [2.45, 2.75) is 26.8 Å². The van der Waals surface area contributed by atoms with E-state index in [0.717, 1.165) is 52.3 Å². The normalized spacial score (nSPS) is 12.2. The fourth-order valence-electron chi connectivity index (χ4n) is 4.40. The van der Waals surface area contributed by atoms with Gasteiger partial charge < -0.3 is 18.9 Å². The van der Waals surface area contributed by atoms with Gasteiger partial charge in [0.2, 0.25) is 0 Å². The number of halogens is 1. The SMILES string of the molecule is CCOC(=O)c1c(-c2cccc(N(C)C)c2)c(C)n2c1-c1cc(Cl)c(OC)cc1CC2. The second-order valence-electron chi connectivity index (χ2n) is 7.89. The van der Waals surface area contributed by atoms with Crippen LogP contribution in [-0.2, 0) is 17.7 Å². The van der Waals surface area contributed by atoms with E-state index in [1.807, 2.05) is 45.3 Å². The van der Waals surface area contributed by atoms with E-state index in [4.69, 9.17) is 21.1 Å². The molecule has 1 aliphatic heterocycles. The number of anilines is 1. The molecular formula is C25H27ClN2O3. The third-order valence-corrected chi connectivity index (χ3v) is 6.19. The van der Waals surface area contributed by atoms with Gasteiger partial charge in [0.15, 0.2) is 0 Å². The van der Waals surface area contributed by atoms with Crippen LogP contribution in [0.5, 0.6) is 5.75 Å². The Labute approximate surface area is 188 Å². The molecule has 1 aromatic heterocycles. The lowest BCUT2D eigenvalue weighted by atomic mass is 9.93. The predicted octanol–water partition coefficient (Wildman–Crippen LogP) is 5.59. The Balaban J connectivity index is 2.02. The summed E-state index contributed by atoms with van der Waals surface area (Å²) in [6, 6.07) is 12.1. The maximum Gasteiger partial charge on any atom is 0.340 e. The Morgan fingerprint density at radius 2 is 2.00 bits per heavy atom. The molecule has 1 aliphatic rings. The molecule has 0 radical (unpaired) electrons. The molecule has 31 heavy (non-hydrogen) atoms. The van der Waals surface area contributed by atoms with Crippen molar-refractivity contribution in [3.63, 3.8) is 0 Å². The molecule has 0 bridgehead atoms. The largest absolute Gasteiger partial charge is 0.495 e. The third kappa shape index (κ3) is 3.57. The maximum atomic E-state index is 13.3. The van der Waals surface area contributed by atoms with Crippen molar-refractivity contribution in [3.8, 4) is 28.1 Å². The zero-order valence-electron chi connectivity index (χ0n) is 18.6. The number of nitrogens with zero attached hydrogens (tertiary/aromatic N) is 2. The van der Waals surface area contributed by atoms with Gasteiger partial charge in [0.1, 0.15) is 5.75 Å². The van der Waals surface area contributed by atoms with Crippen molar-refractivity contribution in [2.75, 3.05) is 32.7 Å². The van der Waals surface area contributed by atoms with Crippen molar-refractivity contribution in [3.05, 3.63) is 58.2 Å². The van der Waals surface area contributed by atoms with E-state index in [1.54, 1.807) is 7.11 Å². The topological polar surface area (TPSA) is 43.7 Å². The van der Waals surface area contributed by atoms with Gasteiger partial charge in [-0.3, -0.25) is 0 Å². The second-order valence-corrected chi connectivity index (χ2v) is 8.30. The molecule has 2 aromatic carbocycles. The van der Waals surface area contributed by atoms with Gasteiger partial charge in [0.05, 0.1) is 30.0 Å². The summed E-state index contributed by atoms with van der Waals surface area (Å²) >= 11 is 6.48. The summed E-state index contributed by atoms with van der Waals surface area (Å²) in [5.41, 5.74) is 7.57. The Bertz CT molecular complexity index is 1160. The molecule has 0 N–H and O–H groups in total. The Morgan fingerprint density at radius 1 is 1.23 bits per heavy atom. The highest BCUT2D eigenvalue weighted by Crippen LogP contribution is 2.45. The fourth-order valence-corrected chi connectivity index (χ4v) is 4.64. The lowest BCUT2D eigenvalue weighted by Crippen LogP contribution is -2.14. The van der Waals surface area contributed by atoms with Crippen LogP contribution in [0.4, 0.5) is 5.69 Å². The van der Waals surface area contributed by atoms with E-state index in [2.05, 4.69) is 28.5 Å². The van der Waals surface area contributed by atoms with Gasteiger partial charge in [-0.25, -0.2) is 4.79 Å². The number of hydrogen-bond acceptors (Lipinski definition) is 4. The summed E-state index contributed by atoms with van der Waals surface area (Å²) in [6.45, 7) is 4.99. The van der Waals surface area contributed by atoms with E-state index in [-0.39, 0.29) is 5.97 Å². The number of fused-ring (bicyclic) bond motifs is 3. The highest BCUT2D eigenvalue weighted by molar-refractivity contribution is 6.32. The van der Waals surface area contributed by atoms with Gasteiger partial charge in [-0.2, -0.15) is 0 Å². The average Bonchev–Trinajstić information content (AvgIpc) is 3.06. The van der Waals surface area contributed by atoms with E-state index >= 15 is 0 Å². The van der Waals surface area contributed by atoms with Crippen molar-refractivity contribution in [2.24, 2.45) is 0 Å². The molecule has 0 aliphatic carbocycles. The minimum absolute atomic E-state index is 0.315. The summed E-state index contributed by atoms with van der Waals surface area (Å²) in [7, 11) is 5.63. The summed E-state index contributed by atoms with van der Waals surface area (Å²) in [6.07, 6.45) is 0.838. The Morgan fingerprint density at radius 3 is 2.68 bits per heavy atom. The van der Waals surface area contributed by atoms with Crippen LogP contribution in [0.1, 0.15) is 28.5 Å². The summed E-state index contributed by atoms with van der Waals surface area (Å²) in [4.78, 5) is 15.3. The fraction of sp³-hybridized carbons (Fsp3) is 0.320. The molecule has 0 amide bonds. The maximum absolute atomic E-state index is 13.3. The summed E-state index contributed by atoms with van der Waals surface area (Å²) in [5, 5.41) is 0.527. The van der Waals surface area contributed by atoms with Crippen molar-refractivity contribution in [1.82, 2.24) is 4.57 Å². The lowest BCUT2D eigenvalue weighted by Gasteiger charge is -2.22. The van der Waals surface area contributed by atoms with Gasteiger partial charge in [-0.05, 0) is 55.7 Å². The molecule has 0 spiro atoms. The number of rotatable bonds is 5. The van der Waals surface area contributed by atoms with Crippen LogP contribution in [0.3, 0.4) is 0 Å². The second kappa shape index (κ2) is 8.31. The molecule has 0 saturated heterocycles. The van der Waals surface area contributed by atoms with E-state index < -0.39 is 0 Å². The Kier molecular flexibility index (Phi) is 5.71. The number of benzene rings is 2. The number of aryl methyl sites for hydroxylation is 1. The third-order valence-electron chi connectivity index (χ3n) is 5.89. The van der Waals surface area contributed by atoms with Crippen LogP contribution in [0, 0.1) is 6.92 Å².